The van der Waals surface area contributed by atoms with Crippen LogP contribution in [0.15, 0.2) is 59.4 Å². The molecule has 1 aromatic carbocycles. The molecule has 2 heterocycles. The maximum atomic E-state index is 12.0. The second kappa shape index (κ2) is 3.87. The molecular weight excluding hydrogens is 214 g/mol. The number of carbonyl (C=O) groups is 1. The zero-order valence-electron chi connectivity index (χ0n) is 8.96. The highest BCUT2D eigenvalue weighted by Crippen LogP contribution is 2.14. The maximum Gasteiger partial charge on any atom is 0.214 e. The van der Waals surface area contributed by atoms with Gasteiger partial charge in [-0.25, -0.2) is 4.98 Å². The molecule has 3 heteroatoms. The lowest BCUT2D eigenvalue weighted by Gasteiger charge is -2.00. The van der Waals surface area contributed by atoms with Crippen molar-refractivity contribution in [1.82, 2.24) is 4.98 Å². The van der Waals surface area contributed by atoms with Crippen molar-refractivity contribution in [3.8, 4) is 0 Å². The van der Waals surface area contributed by atoms with Gasteiger partial charge in [-0.2, -0.15) is 0 Å². The summed E-state index contributed by atoms with van der Waals surface area (Å²) in [7, 11) is 0. The average molecular weight is 223 g/mol. The summed E-state index contributed by atoms with van der Waals surface area (Å²) in [5.41, 5.74) is 1.78. The van der Waals surface area contributed by atoms with Gasteiger partial charge in [-0.15, -0.1) is 0 Å². The zero-order chi connectivity index (χ0) is 11.7. The number of hydrogen-bond donors (Lipinski definition) is 0. The van der Waals surface area contributed by atoms with Crippen LogP contribution in [-0.2, 0) is 0 Å². The van der Waals surface area contributed by atoms with E-state index in [2.05, 4.69) is 4.98 Å². The second-order valence-electron chi connectivity index (χ2n) is 3.73. The molecule has 0 aliphatic heterocycles. The largest absolute Gasteiger partial charge is 0.472 e. The molecule has 0 spiro atoms. The summed E-state index contributed by atoms with van der Waals surface area (Å²) in [4.78, 5) is 16.4. The van der Waals surface area contributed by atoms with Gasteiger partial charge in [-0.3, -0.25) is 4.79 Å². The lowest BCUT2D eigenvalue weighted by Crippen LogP contribution is -2.02. The summed E-state index contributed by atoms with van der Waals surface area (Å²) in [5.74, 6) is -0.121. The first kappa shape index (κ1) is 9.78. The second-order valence-corrected chi connectivity index (χ2v) is 3.73. The molecule has 0 atom stereocenters. The van der Waals surface area contributed by atoms with E-state index in [-0.39, 0.29) is 5.78 Å². The fourth-order valence-electron chi connectivity index (χ4n) is 1.73. The van der Waals surface area contributed by atoms with Crippen molar-refractivity contribution in [1.29, 1.82) is 0 Å². The Kier molecular flexibility index (Phi) is 2.22. The Balaban J connectivity index is 2.09. The minimum atomic E-state index is -0.121. The molecule has 0 radical (unpaired) electrons. The monoisotopic (exact) mass is 223 g/mol. The smallest absolute Gasteiger partial charge is 0.214 e. The minimum Gasteiger partial charge on any atom is -0.472 e. The summed E-state index contributed by atoms with van der Waals surface area (Å²) >= 11 is 0. The molecule has 3 aromatic rings. The van der Waals surface area contributed by atoms with Gasteiger partial charge in [0.1, 0.15) is 12.0 Å². The number of rotatable bonds is 2. The molecule has 2 aromatic heterocycles. The van der Waals surface area contributed by atoms with Crippen LogP contribution in [0.25, 0.3) is 10.9 Å². The van der Waals surface area contributed by atoms with Crippen LogP contribution in [0.4, 0.5) is 0 Å². The Morgan fingerprint density at radius 2 is 1.94 bits per heavy atom. The van der Waals surface area contributed by atoms with Gasteiger partial charge in [-0.1, -0.05) is 24.3 Å². The number of aromatic nitrogens is 1. The lowest BCUT2D eigenvalue weighted by molar-refractivity contribution is 0.103. The van der Waals surface area contributed by atoms with E-state index in [9.17, 15) is 4.79 Å². The van der Waals surface area contributed by atoms with Crippen LogP contribution in [0.1, 0.15) is 16.1 Å². The highest BCUT2D eigenvalue weighted by molar-refractivity contribution is 6.08. The van der Waals surface area contributed by atoms with Crippen LogP contribution < -0.4 is 0 Å². The summed E-state index contributed by atoms with van der Waals surface area (Å²) in [6.45, 7) is 0. The van der Waals surface area contributed by atoms with Gasteiger partial charge in [0.2, 0.25) is 5.78 Å². The third-order valence-electron chi connectivity index (χ3n) is 2.61. The molecule has 3 nitrogen and oxygen atoms in total. The number of hydrogen-bond acceptors (Lipinski definition) is 3. The summed E-state index contributed by atoms with van der Waals surface area (Å²) < 4.78 is 4.90. The highest BCUT2D eigenvalue weighted by Gasteiger charge is 2.11. The first-order valence-electron chi connectivity index (χ1n) is 5.27. The van der Waals surface area contributed by atoms with Gasteiger partial charge >= 0.3 is 0 Å². The van der Waals surface area contributed by atoms with Gasteiger partial charge in [-0.05, 0) is 18.2 Å². The number of pyridine rings is 1. The topological polar surface area (TPSA) is 43.1 Å². The van der Waals surface area contributed by atoms with Crippen molar-refractivity contribution in [2.45, 2.75) is 0 Å². The summed E-state index contributed by atoms with van der Waals surface area (Å²) in [6.07, 6.45) is 2.91. The molecule has 17 heavy (non-hydrogen) atoms. The fraction of sp³-hybridized carbons (Fsp3) is 0. The molecule has 0 N–H and O–H groups in total. The zero-order valence-corrected chi connectivity index (χ0v) is 8.96. The van der Waals surface area contributed by atoms with Gasteiger partial charge in [0.15, 0.2) is 0 Å². The Bertz CT molecular complexity index is 672. The number of fused-ring (bicyclic) bond motifs is 1. The molecule has 0 amide bonds. The van der Waals surface area contributed by atoms with E-state index in [1.54, 1.807) is 12.1 Å². The third kappa shape index (κ3) is 1.72. The molecule has 0 aliphatic rings. The van der Waals surface area contributed by atoms with Crippen LogP contribution in [0, 0.1) is 0 Å². The van der Waals surface area contributed by atoms with Crippen LogP contribution in [0.2, 0.25) is 0 Å². The van der Waals surface area contributed by atoms with Crippen molar-refractivity contribution in [3.05, 3.63) is 66.2 Å². The third-order valence-corrected chi connectivity index (χ3v) is 2.61. The van der Waals surface area contributed by atoms with Crippen LogP contribution in [0.3, 0.4) is 0 Å². The Morgan fingerprint density at radius 3 is 2.76 bits per heavy atom. The van der Waals surface area contributed by atoms with Crippen LogP contribution in [-0.4, -0.2) is 10.8 Å². The predicted octanol–water partition coefficient (Wildman–Crippen LogP) is 3.06. The van der Waals surface area contributed by atoms with E-state index in [4.69, 9.17) is 4.42 Å². The molecular formula is C14H9NO2. The Morgan fingerprint density at radius 1 is 1.06 bits per heavy atom. The molecule has 3 rings (SSSR count). The minimum absolute atomic E-state index is 0.121. The molecule has 0 unspecified atom stereocenters. The van der Waals surface area contributed by atoms with Crippen LogP contribution in [0.5, 0.6) is 0 Å². The molecule has 0 aliphatic carbocycles. The van der Waals surface area contributed by atoms with E-state index in [1.807, 2.05) is 30.3 Å². The normalized spacial score (nSPS) is 10.6. The first-order chi connectivity index (χ1) is 8.34. The number of nitrogens with zero attached hydrogens (tertiary/aromatic N) is 1. The number of benzene rings is 1. The summed E-state index contributed by atoms with van der Waals surface area (Å²) in [6, 6.07) is 13.0. The van der Waals surface area contributed by atoms with Gasteiger partial charge in [0.25, 0.3) is 0 Å². The van der Waals surface area contributed by atoms with Crippen molar-refractivity contribution in [2.75, 3.05) is 0 Å². The molecule has 0 saturated heterocycles. The number of ketones is 1. The average Bonchev–Trinajstić information content (AvgIpc) is 2.91. The van der Waals surface area contributed by atoms with Crippen molar-refractivity contribution < 1.29 is 9.21 Å². The maximum absolute atomic E-state index is 12.0. The quantitative estimate of drug-likeness (QED) is 0.627. The number of carbonyl (C=O) groups excluding carboxylic acids is 1. The Labute approximate surface area is 97.7 Å². The van der Waals surface area contributed by atoms with Crippen molar-refractivity contribution >= 4 is 16.7 Å². The number of para-hydroxylation sites is 1. The standard InChI is InChI=1S/C14H9NO2/c16-14(11-7-8-17-9-11)13-6-5-10-3-1-2-4-12(10)15-13/h1-9H. The first-order valence-corrected chi connectivity index (χ1v) is 5.27. The van der Waals surface area contributed by atoms with E-state index in [0.717, 1.165) is 10.9 Å². The Hall–Kier alpha value is -2.42. The lowest BCUT2D eigenvalue weighted by atomic mass is 10.1. The van der Waals surface area contributed by atoms with E-state index in [0.29, 0.717) is 11.3 Å². The summed E-state index contributed by atoms with van der Waals surface area (Å²) in [5, 5.41) is 1.02. The highest BCUT2D eigenvalue weighted by atomic mass is 16.3. The molecule has 0 fully saturated rings. The molecule has 0 bridgehead atoms. The van der Waals surface area contributed by atoms with Crippen LogP contribution >= 0.6 is 0 Å². The van der Waals surface area contributed by atoms with Gasteiger partial charge < -0.3 is 4.42 Å². The predicted molar refractivity (Wildman–Crippen MR) is 63.9 cm³/mol. The SMILES string of the molecule is O=C(c1ccoc1)c1ccc2ccccc2n1. The van der Waals surface area contributed by atoms with E-state index < -0.39 is 0 Å². The van der Waals surface area contributed by atoms with E-state index in [1.165, 1.54) is 12.5 Å². The van der Waals surface area contributed by atoms with E-state index >= 15 is 0 Å². The van der Waals surface area contributed by atoms with Gasteiger partial charge in [0, 0.05) is 5.39 Å². The van der Waals surface area contributed by atoms with Crippen molar-refractivity contribution in [2.24, 2.45) is 0 Å². The molecule has 0 saturated carbocycles. The van der Waals surface area contributed by atoms with Crippen molar-refractivity contribution in [3.63, 3.8) is 0 Å². The van der Waals surface area contributed by atoms with Gasteiger partial charge in [0.05, 0.1) is 17.3 Å². The molecule has 82 valence electrons. The number of furan rings is 1. The fourth-order valence-corrected chi connectivity index (χ4v) is 1.73.